The number of benzene rings is 1. The van der Waals surface area contributed by atoms with Crippen LogP contribution in [0.3, 0.4) is 0 Å². The van der Waals surface area contributed by atoms with Crippen LogP contribution < -0.4 is 5.32 Å². The van der Waals surface area contributed by atoms with E-state index in [4.69, 9.17) is 0 Å². The fraction of sp³-hybridized carbons (Fsp3) is 0.500. The van der Waals surface area contributed by atoms with Crippen LogP contribution in [0.1, 0.15) is 80.7 Å². The third-order valence-electron chi connectivity index (χ3n) is 6.29. The minimum Gasteiger partial charge on any atom is -0.330 e. The van der Waals surface area contributed by atoms with Gasteiger partial charge in [0.05, 0.1) is 10.4 Å². The van der Waals surface area contributed by atoms with Gasteiger partial charge in [0.1, 0.15) is 16.9 Å². The second-order valence-electron chi connectivity index (χ2n) is 9.48. The Labute approximate surface area is 200 Å². The van der Waals surface area contributed by atoms with E-state index in [-0.39, 0.29) is 35.0 Å². The molecule has 0 spiro atoms. The van der Waals surface area contributed by atoms with Crippen LogP contribution in [0, 0.1) is 35.4 Å². The van der Waals surface area contributed by atoms with Gasteiger partial charge in [0.2, 0.25) is 5.91 Å². The number of rotatable bonds is 8. The summed E-state index contributed by atoms with van der Waals surface area (Å²) in [5.41, 5.74) is 1.51. The van der Waals surface area contributed by atoms with Crippen molar-refractivity contribution in [3.8, 4) is 6.07 Å². The van der Waals surface area contributed by atoms with Crippen molar-refractivity contribution in [2.24, 2.45) is 11.3 Å². The summed E-state index contributed by atoms with van der Waals surface area (Å²) < 4.78 is 13.4. The fourth-order valence-electron chi connectivity index (χ4n) is 3.58. The van der Waals surface area contributed by atoms with E-state index in [2.05, 4.69) is 32.2 Å². The average Bonchev–Trinajstić information content (AvgIpc) is 3.07. The molecular weight excluding hydrogens is 437 g/mol. The highest BCUT2D eigenvalue weighted by atomic mass is 32.1. The molecule has 1 aromatic carbocycles. The van der Waals surface area contributed by atoms with E-state index in [1.54, 1.807) is 24.0 Å². The summed E-state index contributed by atoms with van der Waals surface area (Å²) in [7, 11) is 0. The number of nitriles is 1. The van der Waals surface area contributed by atoms with Crippen LogP contribution in [-0.4, -0.2) is 22.8 Å². The van der Waals surface area contributed by atoms with E-state index in [0.717, 1.165) is 16.9 Å². The second-order valence-corrected chi connectivity index (χ2v) is 10.5. The van der Waals surface area contributed by atoms with E-state index < -0.39 is 0 Å². The molecule has 2 rings (SSSR count). The molecule has 1 atom stereocenters. The van der Waals surface area contributed by atoms with Crippen molar-refractivity contribution in [1.82, 2.24) is 4.90 Å². The lowest BCUT2D eigenvalue weighted by Crippen LogP contribution is -2.45. The lowest BCUT2D eigenvalue weighted by molar-refractivity contribution is -0.120. The molecule has 0 saturated heterocycles. The van der Waals surface area contributed by atoms with Crippen molar-refractivity contribution in [2.45, 2.75) is 73.9 Å². The molecule has 1 heterocycles. The van der Waals surface area contributed by atoms with Crippen LogP contribution in [0.15, 0.2) is 24.3 Å². The number of carbonyl (C=O) groups is 2. The van der Waals surface area contributed by atoms with Crippen LogP contribution in [0.4, 0.5) is 9.39 Å². The van der Waals surface area contributed by atoms with Crippen LogP contribution in [-0.2, 0) is 11.3 Å². The predicted molar refractivity (Wildman–Crippen MR) is 132 cm³/mol. The first-order valence-corrected chi connectivity index (χ1v) is 12.2. The molecule has 178 valence electrons. The Morgan fingerprint density at radius 3 is 2.24 bits per heavy atom. The topological polar surface area (TPSA) is 73.2 Å². The van der Waals surface area contributed by atoms with Gasteiger partial charge in [-0.2, -0.15) is 5.26 Å². The van der Waals surface area contributed by atoms with E-state index in [9.17, 15) is 19.2 Å². The van der Waals surface area contributed by atoms with Crippen molar-refractivity contribution < 1.29 is 14.0 Å². The van der Waals surface area contributed by atoms with Crippen molar-refractivity contribution in [1.29, 1.82) is 5.26 Å². The predicted octanol–water partition coefficient (Wildman–Crippen LogP) is 6.52. The third-order valence-corrected chi connectivity index (χ3v) is 7.49. The van der Waals surface area contributed by atoms with Gasteiger partial charge in [0.25, 0.3) is 5.91 Å². The maximum atomic E-state index is 13.8. The Kier molecular flexibility index (Phi) is 8.79. The largest absolute Gasteiger partial charge is 0.330 e. The summed E-state index contributed by atoms with van der Waals surface area (Å²) in [5.74, 6) is -0.813. The maximum absolute atomic E-state index is 13.8. The summed E-state index contributed by atoms with van der Waals surface area (Å²) in [6.45, 7) is 14.1. The Morgan fingerprint density at radius 2 is 1.76 bits per heavy atom. The van der Waals surface area contributed by atoms with Gasteiger partial charge in [0, 0.05) is 18.5 Å². The van der Waals surface area contributed by atoms with E-state index in [1.165, 1.54) is 12.1 Å². The Morgan fingerprint density at radius 1 is 1.18 bits per heavy atom. The Bertz CT molecular complexity index is 1030. The standard InChI is InChI=1S/C26H34FN3O2S/c1-8-19(9-2)23(31)29-24-21(14-28)16(3)22(33-24)25(32)30(17(4)26(5,6)7)15-18-10-12-20(27)13-11-18/h10-13,17,19H,8-9,15H2,1-7H3,(H,29,31). The zero-order valence-corrected chi connectivity index (χ0v) is 21.4. The number of halogens is 1. The molecule has 0 fully saturated rings. The highest BCUT2D eigenvalue weighted by Gasteiger charge is 2.33. The second kappa shape index (κ2) is 10.9. The number of anilines is 1. The van der Waals surface area contributed by atoms with Gasteiger partial charge in [-0.05, 0) is 55.4 Å². The molecule has 7 heteroatoms. The van der Waals surface area contributed by atoms with Crippen molar-refractivity contribution in [3.05, 3.63) is 51.7 Å². The molecule has 2 amide bonds. The molecule has 0 aliphatic rings. The van der Waals surface area contributed by atoms with Gasteiger partial charge in [0.15, 0.2) is 0 Å². The first kappa shape index (κ1) is 26.5. The molecule has 5 nitrogen and oxygen atoms in total. The molecule has 33 heavy (non-hydrogen) atoms. The van der Waals surface area contributed by atoms with Crippen molar-refractivity contribution in [2.75, 3.05) is 5.32 Å². The number of nitrogens with one attached hydrogen (secondary N) is 1. The van der Waals surface area contributed by atoms with Gasteiger partial charge in [-0.25, -0.2) is 4.39 Å². The van der Waals surface area contributed by atoms with E-state index >= 15 is 0 Å². The van der Waals surface area contributed by atoms with Crippen LogP contribution in [0.25, 0.3) is 0 Å². The number of hydrogen-bond donors (Lipinski definition) is 1. The first-order valence-electron chi connectivity index (χ1n) is 11.3. The van der Waals surface area contributed by atoms with Gasteiger partial charge in [-0.15, -0.1) is 11.3 Å². The molecule has 1 aromatic heterocycles. The number of hydrogen-bond acceptors (Lipinski definition) is 4. The van der Waals surface area contributed by atoms with E-state index in [1.807, 2.05) is 20.8 Å². The van der Waals surface area contributed by atoms with Gasteiger partial charge in [-0.1, -0.05) is 46.8 Å². The number of amides is 2. The monoisotopic (exact) mass is 471 g/mol. The molecule has 0 saturated carbocycles. The SMILES string of the molecule is CCC(CC)C(=O)Nc1sc(C(=O)N(Cc2ccc(F)cc2)C(C)C(C)(C)C)c(C)c1C#N. The first-order chi connectivity index (χ1) is 15.4. The number of thiophene rings is 1. The highest BCUT2D eigenvalue weighted by Crippen LogP contribution is 2.36. The number of nitrogens with zero attached hydrogens (tertiary/aromatic N) is 2. The molecule has 0 bridgehead atoms. The quantitative estimate of drug-likeness (QED) is 0.476. The summed E-state index contributed by atoms with van der Waals surface area (Å²) in [5, 5.41) is 13.0. The molecule has 2 aromatic rings. The smallest absolute Gasteiger partial charge is 0.264 e. The number of carbonyl (C=O) groups excluding carboxylic acids is 2. The summed E-state index contributed by atoms with van der Waals surface area (Å²) in [6.07, 6.45) is 1.41. The maximum Gasteiger partial charge on any atom is 0.264 e. The summed E-state index contributed by atoms with van der Waals surface area (Å²) in [4.78, 5) is 28.6. The molecule has 1 unspecified atom stereocenters. The fourth-order valence-corrected chi connectivity index (χ4v) is 4.70. The molecule has 0 aliphatic heterocycles. The van der Waals surface area contributed by atoms with Gasteiger partial charge < -0.3 is 10.2 Å². The average molecular weight is 472 g/mol. The normalized spacial score (nSPS) is 12.4. The van der Waals surface area contributed by atoms with Crippen LogP contribution in [0.5, 0.6) is 0 Å². The van der Waals surface area contributed by atoms with Crippen molar-refractivity contribution >= 4 is 28.2 Å². The van der Waals surface area contributed by atoms with E-state index in [0.29, 0.717) is 40.4 Å². The molecule has 0 radical (unpaired) electrons. The minimum absolute atomic E-state index is 0.135. The van der Waals surface area contributed by atoms with Gasteiger partial charge in [-0.3, -0.25) is 9.59 Å². The Balaban J connectivity index is 2.46. The van der Waals surface area contributed by atoms with Crippen LogP contribution >= 0.6 is 11.3 Å². The lowest BCUT2D eigenvalue weighted by Gasteiger charge is -2.38. The Hall–Kier alpha value is -2.72. The molecule has 1 N–H and O–H groups in total. The lowest BCUT2D eigenvalue weighted by atomic mass is 9.86. The molecular formula is C26H34FN3O2S. The zero-order valence-electron chi connectivity index (χ0n) is 20.6. The minimum atomic E-state index is -0.328. The zero-order chi connectivity index (χ0) is 24.9. The van der Waals surface area contributed by atoms with Crippen molar-refractivity contribution in [3.63, 3.8) is 0 Å². The molecule has 0 aliphatic carbocycles. The highest BCUT2D eigenvalue weighted by molar-refractivity contribution is 7.18. The third kappa shape index (κ3) is 6.20. The van der Waals surface area contributed by atoms with Gasteiger partial charge >= 0.3 is 0 Å². The van der Waals surface area contributed by atoms with Crippen LogP contribution in [0.2, 0.25) is 0 Å². The summed E-state index contributed by atoms with van der Waals surface area (Å²) >= 11 is 1.15. The summed E-state index contributed by atoms with van der Waals surface area (Å²) in [6, 6.07) is 8.14.